The molecule has 0 radical (unpaired) electrons. The maximum absolute atomic E-state index is 4.76. The highest BCUT2D eigenvalue weighted by Crippen LogP contribution is 2.34. The third-order valence-electron chi connectivity index (χ3n) is 3.12. The number of hydrogen-bond donors (Lipinski definition) is 0. The van der Waals surface area contributed by atoms with E-state index < -0.39 is 0 Å². The second-order valence-corrected chi connectivity index (χ2v) is 5.92. The molecule has 1 heterocycles. The van der Waals surface area contributed by atoms with Crippen molar-refractivity contribution in [2.45, 2.75) is 6.92 Å². The van der Waals surface area contributed by atoms with Gasteiger partial charge in [0.25, 0.3) is 0 Å². The van der Waals surface area contributed by atoms with Gasteiger partial charge in [-0.2, -0.15) is 0 Å². The fourth-order valence-electron chi connectivity index (χ4n) is 2.17. The average molecular weight is 268 g/mol. The first-order valence-electron chi connectivity index (χ1n) is 6.29. The van der Waals surface area contributed by atoms with Crippen molar-refractivity contribution < 1.29 is 0 Å². The lowest BCUT2D eigenvalue weighted by Crippen LogP contribution is -2.07. The van der Waals surface area contributed by atoms with Gasteiger partial charge in [-0.05, 0) is 18.6 Å². The summed E-state index contributed by atoms with van der Waals surface area (Å²) in [6.07, 6.45) is 0. The minimum Gasteiger partial charge on any atom is -0.354 e. The second kappa shape index (κ2) is 4.67. The van der Waals surface area contributed by atoms with E-state index in [2.05, 4.69) is 54.3 Å². The molecule has 0 saturated heterocycles. The van der Waals surface area contributed by atoms with Crippen molar-refractivity contribution in [3.05, 3.63) is 48.0 Å². The summed E-state index contributed by atoms with van der Waals surface area (Å²) < 4.78 is 1.24. The fourth-order valence-corrected chi connectivity index (χ4v) is 3.09. The molecule has 0 aliphatic heterocycles. The molecule has 0 saturated carbocycles. The quantitative estimate of drug-likeness (QED) is 0.687. The van der Waals surface area contributed by atoms with Crippen LogP contribution in [0.25, 0.3) is 21.3 Å². The zero-order chi connectivity index (χ0) is 13.4. The molecule has 0 bridgehead atoms. The smallest absolute Gasteiger partial charge is 0.185 e. The third kappa shape index (κ3) is 2.22. The summed E-state index contributed by atoms with van der Waals surface area (Å²) in [5, 5.41) is 1.05. The lowest BCUT2D eigenvalue weighted by Gasteiger charge is -2.05. The maximum Gasteiger partial charge on any atom is 0.185 e. The van der Waals surface area contributed by atoms with E-state index >= 15 is 0 Å². The highest BCUT2D eigenvalue weighted by Gasteiger charge is 2.10. The minimum absolute atomic E-state index is 1.05. The summed E-state index contributed by atoms with van der Waals surface area (Å²) in [7, 11) is 4.06. The monoisotopic (exact) mass is 268 g/mol. The first-order chi connectivity index (χ1) is 9.15. The van der Waals surface area contributed by atoms with Crippen LogP contribution in [-0.2, 0) is 0 Å². The normalized spacial score (nSPS) is 10.9. The van der Waals surface area contributed by atoms with Crippen LogP contribution in [0, 0.1) is 6.92 Å². The van der Waals surface area contributed by atoms with E-state index in [4.69, 9.17) is 4.98 Å². The van der Waals surface area contributed by atoms with Crippen molar-refractivity contribution in [2.75, 3.05) is 19.0 Å². The molecule has 0 N–H and O–H groups in total. The summed E-state index contributed by atoms with van der Waals surface area (Å²) in [6, 6.07) is 15.0. The van der Waals surface area contributed by atoms with Gasteiger partial charge in [0.1, 0.15) is 0 Å². The van der Waals surface area contributed by atoms with Gasteiger partial charge in [0.05, 0.1) is 10.2 Å². The van der Waals surface area contributed by atoms with E-state index in [0.717, 1.165) is 10.6 Å². The lowest BCUT2D eigenvalue weighted by molar-refractivity contribution is 1.11. The van der Waals surface area contributed by atoms with Crippen LogP contribution in [0.3, 0.4) is 0 Å². The predicted octanol–water partition coefficient (Wildman–Crippen LogP) is 4.34. The molecule has 3 aromatic rings. The van der Waals surface area contributed by atoms with Gasteiger partial charge in [-0.25, -0.2) is 4.98 Å². The van der Waals surface area contributed by atoms with Crippen LogP contribution in [0.2, 0.25) is 0 Å². The van der Waals surface area contributed by atoms with E-state index in [1.165, 1.54) is 21.4 Å². The molecule has 1 aromatic heterocycles. The number of thiazole rings is 1. The highest BCUT2D eigenvalue weighted by molar-refractivity contribution is 7.22. The molecule has 3 heteroatoms. The molecular formula is C16H16N2S. The standard InChI is InChI=1S/C16H16N2S/c1-11-6-4-7-12(10-11)13-8-5-9-14-15(13)17-16(19-14)18(2)3/h4-10H,1-3H3. The number of hydrogen-bond acceptors (Lipinski definition) is 3. The zero-order valence-corrected chi connectivity index (χ0v) is 12.2. The maximum atomic E-state index is 4.76. The van der Waals surface area contributed by atoms with E-state index in [-0.39, 0.29) is 0 Å². The topological polar surface area (TPSA) is 16.1 Å². The van der Waals surface area contributed by atoms with Crippen molar-refractivity contribution >= 4 is 26.7 Å². The number of rotatable bonds is 2. The number of aryl methyl sites for hydroxylation is 1. The van der Waals surface area contributed by atoms with Crippen molar-refractivity contribution in [1.29, 1.82) is 0 Å². The molecular weight excluding hydrogens is 252 g/mol. The Labute approximate surface area is 117 Å². The number of anilines is 1. The summed E-state index contributed by atoms with van der Waals surface area (Å²) in [5.74, 6) is 0. The van der Waals surface area contributed by atoms with Gasteiger partial charge in [0, 0.05) is 19.7 Å². The largest absolute Gasteiger partial charge is 0.354 e. The second-order valence-electron chi connectivity index (χ2n) is 4.91. The van der Waals surface area contributed by atoms with Crippen LogP contribution in [0.4, 0.5) is 5.13 Å². The summed E-state index contributed by atoms with van der Waals surface area (Å²) in [4.78, 5) is 6.82. The Kier molecular flexibility index (Phi) is 2.99. The molecule has 0 aliphatic carbocycles. The van der Waals surface area contributed by atoms with E-state index in [1.807, 2.05) is 14.1 Å². The van der Waals surface area contributed by atoms with Crippen molar-refractivity contribution in [3.63, 3.8) is 0 Å². The van der Waals surface area contributed by atoms with Gasteiger partial charge in [-0.1, -0.05) is 53.3 Å². The van der Waals surface area contributed by atoms with E-state index in [0.29, 0.717) is 0 Å². The van der Waals surface area contributed by atoms with Crippen molar-refractivity contribution in [3.8, 4) is 11.1 Å². The summed E-state index contributed by atoms with van der Waals surface area (Å²) in [5.41, 5.74) is 4.83. The first kappa shape index (κ1) is 12.2. The summed E-state index contributed by atoms with van der Waals surface area (Å²) >= 11 is 1.73. The van der Waals surface area contributed by atoms with Crippen molar-refractivity contribution in [1.82, 2.24) is 4.98 Å². The fraction of sp³-hybridized carbons (Fsp3) is 0.188. The first-order valence-corrected chi connectivity index (χ1v) is 7.11. The Hall–Kier alpha value is -1.87. The average Bonchev–Trinajstić information content (AvgIpc) is 2.82. The molecule has 2 aromatic carbocycles. The SMILES string of the molecule is Cc1cccc(-c2cccc3sc(N(C)C)nc23)c1. The van der Waals surface area contributed by atoms with Crippen LogP contribution < -0.4 is 4.90 Å². The number of para-hydroxylation sites is 1. The molecule has 0 atom stereocenters. The van der Waals surface area contributed by atoms with Gasteiger partial charge < -0.3 is 4.90 Å². The van der Waals surface area contributed by atoms with Crippen LogP contribution >= 0.6 is 11.3 Å². The Morgan fingerprint density at radius 3 is 2.58 bits per heavy atom. The molecule has 0 spiro atoms. The van der Waals surface area contributed by atoms with Crippen LogP contribution in [0.1, 0.15) is 5.56 Å². The Morgan fingerprint density at radius 1 is 1.05 bits per heavy atom. The molecule has 0 fully saturated rings. The molecule has 2 nitrogen and oxygen atoms in total. The summed E-state index contributed by atoms with van der Waals surface area (Å²) in [6.45, 7) is 2.12. The van der Waals surface area contributed by atoms with Gasteiger partial charge in [-0.15, -0.1) is 0 Å². The van der Waals surface area contributed by atoms with Crippen LogP contribution in [0.5, 0.6) is 0 Å². The predicted molar refractivity (Wildman–Crippen MR) is 84.1 cm³/mol. The Bertz CT molecular complexity index is 728. The Balaban J connectivity index is 2.23. The van der Waals surface area contributed by atoms with Gasteiger partial charge in [-0.3, -0.25) is 0 Å². The molecule has 96 valence electrons. The lowest BCUT2D eigenvalue weighted by atomic mass is 10.0. The van der Waals surface area contributed by atoms with Gasteiger partial charge in [0.15, 0.2) is 5.13 Å². The number of aromatic nitrogens is 1. The number of fused-ring (bicyclic) bond motifs is 1. The third-order valence-corrected chi connectivity index (χ3v) is 4.31. The molecule has 0 aliphatic rings. The van der Waals surface area contributed by atoms with E-state index in [1.54, 1.807) is 11.3 Å². The van der Waals surface area contributed by atoms with Crippen molar-refractivity contribution in [2.24, 2.45) is 0 Å². The number of nitrogens with zero attached hydrogens (tertiary/aromatic N) is 2. The van der Waals surface area contributed by atoms with Gasteiger partial charge in [0.2, 0.25) is 0 Å². The highest BCUT2D eigenvalue weighted by atomic mass is 32.1. The Morgan fingerprint density at radius 2 is 1.84 bits per heavy atom. The van der Waals surface area contributed by atoms with Crippen LogP contribution in [0.15, 0.2) is 42.5 Å². The minimum atomic E-state index is 1.05. The molecule has 19 heavy (non-hydrogen) atoms. The van der Waals surface area contributed by atoms with Crippen LogP contribution in [-0.4, -0.2) is 19.1 Å². The van der Waals surface area contributed by atoms with Gasteiger partial charge >= 0.3 is 0 Å². The molecule has 0 unspecified atom stereocenters. The zero-order valence-electron chi connectivity index (χ0n) is 11.3. The molecule has 0 amide bonds. The van der Waals surface area contributed by atoms with E-state index in [9.17, 15) is 0 Å². The number of benzene rings is 2. The molecule has 3 rings (SSSR count).